The number of ketones is 1. The topological polar surface area (TPSA) is 111 Å². The first kappa shape index (κ1) is 17.3. The number of hydrogen-bond acceptors (Lipinski definition) is 8. The summed E-state index contributed by atoms with van der Waals surface area (Å²) in [6, 6.07) is 2.98. The van der Waals surface area contributed by atoms with Gasteiger partial charge >= 0.3 is 5.97 Å². The largest absolute Gasteiger partial charge is 0.494 e. The van der Waals surface area contributed by atoms with Crippen LogP contribution in [0.5, 0.6) is 11.5 Å². The number of hydrogen-bond donors (Lipinski definition) is 1. The van der Waals surface area contributed by atoms with Crippen molar-refractivity contribution in [1.82, 2.24) is 0 Å². The van der Waals surface area contributed by atoms with Crippen molar-refractivity contribution in [1.29, 1.82) is 0 Å². The Balaban J connectivity index is 2.89. The highest BCUT2D eigenvalue weighted by molar-refractivity contribution is 5.90. The van der Waals surface area contributed by atoms with Gasteiger partial charge in [-0.3, -0.25) is 4.79 Å². The van der Waals surface area contributed by atoms with Gasteiger partial charge in [-0.1, -0.05) is 0 Å². The van der Waals surface area contributed by atoms with E-state index < -0.39 is 25.0 Å². The van der Waals surface area contributed by atoms with E-state index in [0.717, 1.165) is 6.08 Å². The minimum Gasteiger partial charge on any atom is -0.494 e. The second kappa shape index (κ2) is 8.53. The molecule has 8 heteroatoms. The maximum Gasteiger partial charge on any atom is 0.331 e. The van der Waals surface area contributed by atoms with E-state index in [9.17, 15) is 14.5 Å². The van der Waals surface area contributed by atoms with Crippen LogP contribution in [0.1, 0.15) is 5.56 Å². The molecule has 1 aromatic carbocycles. The Hall–Kier alpha value is -2.74. The SMILES string of the molecule is COc1cc(/C=C/C(=O)OCC(=O)CO)cc(OC)c1N=O. The first-order valence-corrected chi connectivity index (χ1v) is 6.12. The minimum atomic E-state index is -0.752. The first-order chi connectivity index (χ1) is 10.5. The average Bonchev–Trinajstić information content (AvgIpc) is 2.56. The number of Topliss-reactive ketones (excluding diaryl/α,β-unsaturated/α-hetero) is 1. The van der Waals surface area contributed by atoms with Crippen LogP contribution in [0.3, 0.4) is 0 Å². The van der Waals surface area contributed by atoms with Gasteiger partial charge in [0.25, 0.3) is 0 Å². The van der Waals surface area contributed by atoms with Crippen LogP contribution in [0.15, 0.2) is 23.4 Å². The number of methoxy groups -OCH3 is 2. The summed E-state index contributed by atoms with van der Waals surface area (Å²) >= 11 is 0. The highest BCUT2D eigenvalue weighted by Crippen LogP contribution is 2.38. The molecule has 0 heterocycles. The summed E-state index contributed by atoms with van der Waals surface area (Å²) in [6.07, 6.45) is 2.48. The van der Waals surface area contributed by atoms with Gasteiger partial charge in [0.1, 0.15) is 6.61 Å². The summed E-state index contributed by atoms with van der Waals surface area (Å²) in [5, 5.41) is 11.3. The zero-order valence-corrected chi connectivity index (χ0v) is 12.1. The van der Waals surface area contributed by atoms with Gasteiger partial charge in [0.05, 0.1) is 14.2 Å². The molecule has 1 N–H and O–H groups in total. The van der Waals surface area contributed by atoms with Crippen molar-refractivity contribution in [2.75, 3.05) is 27.4 Å². The zero-order valence-electron chi connectivity index (χ0n) is 12.1. The molecular weight excluding hydrogens is 294 g/mol. The molecule has 0 aliphatic rings. The highest BCUT2D eigenvalue weighted by atomic mass is 16.5. The monoisotopic (exact) mass is 309 g/mol. The van der Waals surface area contributed by atoms with E-state index in [1.807, 2.05) is 0 Å². The van der Waals surface area contributed by atoms with Gasteiger partial charge in [0, 0.05) is 6.08 Å². The van der Waals surface area contributed by atoms with Crippen molar-refractivity contribution in [3.05, 3.63) is 28.7 Å². The van der Waals surface area contributed by atoms with E-state index in [-0.39, 0.29) is 17.2 Å². The molecule has 0 spiro atoms. The number of benzene rings is 1. The molecule has 0 aliphatic heterocycles. The molecule has 0 saturated heterocycles. The fourth-order valence-corrected chi connectivity index (χ4v) is 1.51. The Morgan fingerprint density at radius 1 is 1.23 bits per heavy atom. The van der Waals surface area contributed by atoms with Crippen molar-refractivity contribution < 1.29 is 28.9 Å². The molecule has 0 amide bonds. The lowest BCUT2D eigenvalue weighted by Crippen LogP contribution is -2.15. The number of aliphatic hydroxyl groups is 1. The molecule has 0 unspecified atom stereocenters. The van der Waals surface area contributed by atoms with E-state index in [1.54, 1.807) is 0 Å². The van der Waals surface area contributed by atoms with Crippen molar-refractivity contribution in [3.8, 4) is 11.5 Å². The Labute approximate surface area is 126 Å². The van der Waals surface area contributed by atoms with E-state index in [1.165, 1.54) is 32.4 Å². The van der Waals surface area contributed by atoms with E-state index in [4.69, 9.17) is 14.6 Å². The van der Waals surface area contributed by atoms with E-state index >= 15 is 0 Å². The third kappa shape index (κ3) is 4.67. The molecular formula is C14H15NO7. The fourth-order valence-electron chi connectivity index (χ4n) is 1.51. The maximum absolute atomic E-state index is 11.4. The third-order valence-corrected chi connectivity index (χ3v) is 2.56. The Kier molecular flexibility index (Phi) is 6.71. The van der Waals surface area contributed by atoms with Gasteiger partial charge in [-0.05, 0) is 28.9 Å². The number of nitroso groups, excluding NO2 is 1. The van der Waals surface area contributed by atoms with Gasteiger partial charge in [-0.2, -0.15) is 0 Å². The lowest BCUT2D eigenvalue weighted by molar-refractivity contribution is -0.143. The predicted octanol–water partition coefficient (Wildman–Crippen LogP) is 1.22. The third-order valence-electron chi connectivity index (χ3n) is 2.56. The summed E-state index contributed by atoms with van der Waals surface area (Å²) in [4.78, 5) is 33.0. The molecule has 118 valence electrons. The van der Waals surface area contributed by atoms with Crippen molar-refractivity contribution in [2.45, 2.75) is 0 Å². The quantitative estimate of drug-likeness (QED) is 0.436. The minimum absolute atomic E-state index is 0.0123. The molecule has 1 rings (SSSR count). The lowest BCUT2D eigenvalue weighted by Gasteiger charge is -2.08. The molecule has 0 saturated carbocycles. The lowest BCUT2D eigenvalue weighted by atomic mass is 10.1. The number of aliphatic hydroxyl groups excluding tert-OH is 1. The first-order valence-electron chi connectivity index (χ1n) is 6.12. The van der Waals surface area contributed by atoms with Crippen LogP contribution in [0, 0.1) is 4.91 Å². The predicted molar refractivity (Wildman–Crippen MR) is 77.1 cm³/mol. The van der Waals surface area contributed by atoms with Gasteiger partial charge in [-0.25, -0.2) is 4.79 Å². The number of carbonyl (C=O) groups excluding carboxylic acids is 2. The summed E-state index contributed by atoms with van der Waals surface area (Å²) in [5.74, 6) is -0.973. The van der Waals surface area contributed by atoms with Crippen LogP contribution in [0.25, 0.3) is 6.08 Å². The van der Waals surface area contributed by atoms with Gasteiger partial charge < -0.3 is 19.3 Å². The van der Waals surface area contributed by atoms with Crippen molar-refractivity contribution in [2.24, 2.45) is 5.18 Å². The molecule has 0 aliphatic carbocycles. The molecule has 0 fully saturated rings. The second-order valence-corrected chi connectivity index (χ2v) is 4.00. The van der Waals surface area contributed by atoms with Crippen LogP contribution in [-0.4, -0.2) is 44.3 Å². The maximum atomic E-state index is 11.4. The van der Waals surface area contributed by atoms with Crippen LogP contribution in [0.4, 0.5) is 5.69 Å². The number of carbonyl (C=O) groups is 2. The van der Waals surface area contributed by atoms with Gasteiger partial charge in [0.15, 0.2) is 29.6 Å². The molecule has 0 radical (unpaired) electrons. The Morgan fingerprint density at radius 3 is 2.27 bits per heavy atom. The van der Waals surface area contributed by atoms with Crippen molar-refractivity contribution in [3.63, 3.8) is 0 Å². The highest BCUT2D eigenvalue weighted by Gasteiger charge is 2.12. The second-order valence-electron chi connectivity index (χ2n) is 4.00. The van der Waals surface area contributed by atoms with Crippen LogP contribution >= 0.6 is 0 Å². The number of nitrogens with zero attached hydrogens (tertiary/aromatic N) is 1. The molecule has 1 aromatic rings. The fraction of sp³-hybridized carbons (Fsp3) is 0.286. The Morgan fingerprint density at radius 2 is 1.82 bits per heavy atom. The zero-order chi connectivity index (χ0) is 16.5. The van der Waals surface area contributed by atoms with E-state index in [0.29, 0.717) is 5.56 Å². The summed E-state index contributed by atoms with van der Waals surface area (Å²) in [7, 11) is 2.73. The average molecular weight is 309 g/mol. The van der Waals surface area contributed by atoms with Gasteiger partial charge in [0.2, 0.25) is 0 Å². The molecule has 0 bridgehead atoms. The van der Waals surface area contributed by atoms with E-state index in [2.05, 4.69) is 9.91 Å². The summed E-state index contributed by atoms with van der Waals surface area (Å²) < 4.78 is 14.7. The molecule has 8 nitrogen and oxygen atoms in total. The van der Waals surface area contributed by atoms with Crippen LogP contribution in [0.2, 0.25) is 0 Å². The number of rotatable bonds is 8. The molecule has 22 heavy (non-hydrogen) atoms. The van der Waals surface area contributed by atoms with Crippen LogP contribution < -0.4 is 9.47 Å². The number of ether oxygens (including phenoxy) is 3. The smallest absolute Gasteiger partial charge is 0.331 e. The summed E-state index contributed by atoms with van der Waals surface area (Å²) in [6.45, 7) is -1.19. The Bertz CT molecular complexity index is 570. The normalized spacial score (nSPS) is 10.3. The summed E-state index contributed by atoms with van der Waals surface area (Å²) in [5.41, 5.74) is 0.518. The van der Waals surface area contributed by atoms with Crippen LogP contribution in [-0.2, 0) is 14.3 Å². The standard InChI is InChI=1S/C14H15NO7/c1-20-11-5-9(6-12(21-2)14(11)15-19)3-4-13(18)22-8-10(17)7-16/h3-6,16H,7-8H2,1-2H3/b4-3+. The number of esters is 1. The van der Waals surface area contributed by atoms with Gasteiger partial charge in [-0.15, -0.1) is 4.91 Å². The molecule has 0 aromatic heterocycles. The molecule has 0 atom stereocenters. The van der Waals surface area contributed by atoms with Crippen molar-refractivity contribution >= 4 is 23.5 Å².